The van der Waals surface area contributed by atoms with Gasteiger partial charge in [0.2, 0.25) is 5.95 Å². The molecule has 21 heavy (non-hydrogen) atoms. The van der Waals surface area contributed by atoms with Gasteiger partial charge in [-0.15, -0.1) is 11.3 Å². The molecule has 2 rings (SSSR count). The van der Waals surface area contributed by atoms with E-state index in [2.05, 4.69) is 33.2 Å². The van der Waals surface area contributed by atoms with Crippen LogP contribution in [0.15, 0.2) is 6.07 Å². The van der Waals surface area contributed by atoms with E-state index in [9.17, 15) is 0 Å². The number of anilines is 2. The number of nitrogens with one attached hydrogen (secondary N) is 1. The lowest BCUT2D eigenvalue weighted by Gasteiger charge is -2.20. The summed E-state index contributed by atoms with van der Waals surface area (Å²) in [6, 6.07) is 2.16. The molecule has 0 spiro atoms. The van der Waals surface area contributed by atoms with Crippen molar-refractivity contribution in [3.63, 3.8) is 0 Å². The van der Waals surface area contributed by atoms with E-state index < -0.39 is 0 Å². The van der Waals surface area contributed by atoms with Crippen LogP contribution in [-0.2, 0) is 4.74 Å². The van der Waals surface area contributed by atoms with Gasteiger partial charge in [0.15, 0.2) is 0 Å². The first-order valence-electron chi connectivity index (χ1n) is 7.36. The number of thiophene rings is 1. The molecule has 2 heterocycles. The predicted molar refractivity (Wildman–Crippen MR) is 90.7 cm³/mol. The lowest BCUT2D eigenvalue weighted by Crippen LogP contribution is -2.25. The second-order valence-corrected chi connectivity index (χ2v) is 6.55. The second kappa shape index (κ2) is 7.04. The van der Waals surface area contributed by atoms with Gasteiger partial charge in [-0.3, -0.25) is 0 Å². The Morgan fingerprint density at radius 1 is 1.38 bits per heavy atom. The molecule has 0 aromatic carbocycles. The van der Waals surface area contributed by atoms with Crippen LogP contribution in [0.1, 0.15) is 25.6 Å². The van der Waals surface area contributed by atoms with Crippen molar-refractivity contribution in [3.05, 3.63) is 10.9 Å². The van der Waals surface area contributed by atoms with Crippen LogP contribution in [0.25, 0.3) is 10.2 Å². The Morgan fingerprint density at radius 2 is 2.14 bits per heavy atom. The summed E-state index contributed by atoms with van der Waals surface area (Å²) in [4.78, 5) is 13.7. The molecule has 2 aromatic heterocycles. The third kappa shape index (κ3) is 4.04. The van der Waals surface area contributed by atoms with Crippen molar-refractivity contribution in [2.45, 2.75) is 33.8 Å². The number of likely N-dealkylation sites (N-methyl/N-ethyl adjacent to an activating group) is 1. The highest BCUT2D eigenvalue weighted by Crippen LogP contribution is 2.31. The Balaban J connectivity index is 2.26. The fraction of sp³-hybridized carbons (Fsp3) is 0.600. The molecular formula is C15H24N4OS. The van der Waals surface area contributed by atoms with Gasteiger partial charge in [-0.05, 0) is 33.8 Å². The van der Waals surface area contributed by atoms with E-state index in [-0.39, 0.29) is 6.10 Å². The summed E-state index contributed by atoms with van der Waals surface area (Å²) in [5.41, 5.74) is 0. The Morgan fingerprint density at radius 3 is 2.81 bits per heavy atom. The van der Waals surface area contributed by atoms with Gasteiger partial charge in [0, 0.05) is 25.0 Å². The third-order valence-corrected chi connectivity index (χ3v) is 4.01. The molecule has 0 unspecified atom stereocenters. The number of ether oxygens (including phenoxy) is 1. The number of rotatable bonds is 7. The maximum atomic E-state index is 5.63. The summed E-state index contributed by atoms with van der Waals surface area (Å²) in [5, 5.41) is 4.32. The molecule has 0 saturated carbocycles. The summed E-state index contributed by atoms with van der Waals surface area (Å²) in [5.74, 6) is 1.66. The number of aromatic nitrogens is 2. The average molecular weight is 308 g/mol. The van der Waals surface area contributed by atoms with Crippen LogP contribution < -0.4 is 10.2 Å². The van der Waals surface area contributed by atoms with Crippen molar-refractivity contribution in [3.8, 4) is 0 Å². The number of nitrogens with zero attached hydrogens (tertiary/aromatic N) is 3. The van der Waals surface area contributed by atoms with Crippen molar-refractivity contribution in [2.24, 2.45) is 0 Å². The van der Waals surface area contributed by atoms with E-state index in [1.165, 1.54) is 4.88 Å². The van der Waals surface area contributed by atoms with Crippen molar-refractivity contribution in [1.29, 1.82) is 0 Å². The molecule has 0 aliphatic carbocycles. The molecular weight excluding hydrogens is 284 g/mol. The number of aryl methyl sites for hydroxylation is 1. The molecule has 0 fully saturated rings. The van der Waals surface area contributed by atoms with Gasteiger partial charge in [0.05, 0.1) is 18.1 Å². The van der Waals surface area contributed by atoms with E-state index in [0.29, 0.717) is 12.6 Å². The van der Waals surface area contributed by atoms with E-state index in [4.69, 9.17) is 4.74 Å². The van der Waals surface area contributed by atoms with Crippen LogP contribution in [0.5, 0.6) is 0 Å². The second-order valence-electron chi connectivity index (χ2n) is 5.32. The van der Waals surface area contributed by atoms with Crippen LogP contribution in [0.4, 0.5) is 11.8 Å². The van der Waals surface area contributed by atoms with Crippen LogP contribution >= 0.6 is 11.3 Å². The smallest absolute Gasteiger partial charge is 0.226 e. The first-order valence-corrected chi connectivity index (χ1v) is 8.17. The highest BCUT2D eigenvalue weighted by atomic mass is 32.1. The van der Waals surface area contributed by atoms with Crippen molar-refractivity contribution >= 4 is 33.3 Å². The normalized spacial score (nSPS) is 11.3. The molecule has 5 nitrogen and oxygen atoms in total. The van der Waals surface area contributed by atoms with E-state index in [1.54, 1.807) is 11.3 Å². The number of fused-ring (bicyclic) bond motifs is 1. The largest absolute Gasteiger partial charge is 0.377 e. The van der Waals surface area contributed by atoms with E-state index >= 15 is 0 Å². The third-order valence-electron chi connectivity index (χ3n) is 3.07. The van der Waals surface area contributed by atoms with Gasteiger partial charge in [-0.2, -0.15) is 4.98 Å². The first kappa shape index (κ1) is 16.0. The Kier molecular flexibility index (Phi) is 5.36. The Bertz CT molecular complexity index is 597. The molecule has 6 heteroatoms. The van der Waals surface area contributed by atoms with Crippen molar-refractivity contribution < 1.29 is 4.74 Å². The van der Waals surface area contributed by atoms with Crippen molar-refractivity contribution in [1.82, 2.24) is 9.97 Å². The van der Waals surface area contributed by atoms with Gasteiger partial charge in [-0.25, -0.2) is 4.98 Å². The molecule has 0 aliphatic heterocycles. The monoisotopic (exact) mass is 308 g/mol. The predicted octanol–water partition coefficient (Wildman–Crippen LogP) is 3.29. The molecule has 0 atom stereocenters. The average Bonchev–Trinajstić information content (AvgIpc) is 2.77. The Hall–Kier alpha value is -1.40. The fourth-order valence-electron chi connectivity index (χ4n) is 2.09. The molecule has 116 valence electrons. The maximum absolute atomic E-state index is 5.63. The van der Waals surface area contributed by atoms with Crippen LogP contribution in [0.2, 0.25) is 0 Å². The zero-order valence-electron chi connectivity index (χ0n) is 13.4. The molecule has 0 saturated heterocycles. The molecule has 0 aliphatic rings. The minimum atomic E-state index is 0.254. The highest BCUT2D eigenvalue weighted by Gasteiger charge is 2.14. The standard InChI is InChI=1S/C15H24N4OS/c1-6-16-15-17-13(19(5)7-8-20-10(2)3)12-9-11(4)21-14(12)18-15/h9-10H,6-8H2,1-5H3,(H,16,17,18). The van der Waals surface area contributed by atoms with E-state index in [1.807, 2.05) is 27.8 Å². The first-order chi connectivity index (χ1) is 10.0. The molecule has 0 bridgehead atoms. The van der Waals surface area contributed by atoms with Gasteiger partial charge < -0.3 is 15.0 Å². The van der Waals surface area contributed by atoms with Crippen molar-refractivity contribution in [2.75, 3.05) is 37.0 Å². The maximum Gasteiger partial charge on any atom is 0.226 e. The lowest BCUT2D eigenvalue weighted by atomic mass is 10.3. The molecule has 0 amide bonds. The highest BCUT2D eigenvalue weighted by molar-refractivity contribution is 7.18. The number of hydrogen-bond acceptors (Lipinski definition) is 6. The molecule has 1 N–H and O–H groups in total. The van der Waals surface area contributed by atoms with Gasteiger partial charge in [0.25, 0.3) is 0 Å². The quantitative estimate of drug-likeness (QED) is 0.850. The minimum Gasteiger partial charge on any atom is -0.377 e. The van der Waals surface area contributed by atoms with Gasteiger partial charge in [-0.1, -0.05) is 0 Å². The fourth-order valence-corrected chi connectivity index (χ4v) is 2.96. The summed E-state index contributed by atoms with van der Waals surface area (Å²) in [6.45, 7) is 10.6. The van der Waals surface area contributed by atoms with Crippen LogP contribution in [0.3, 0.4) is 0 Å². The van der Waals surface area contributed by atoms with Crippen LogP contribution in [-0.4, -0.2) is 42.8 Å². The lowest BCUT2D eigenvalue weighted by molar-refractivity contribution is 0.0845. The zero-order valence-corrected chi connectivity index (χ0v) is 14.3. The molecule has 0 radical (unpaired) electrons. The number of hydrogen-bond donors (Lipinski definition) is 1. The minimum absolute atomic E-state index is 0.254. The molecule has 2 aromatic rings. The Labute approximate surface area is 130 Å². The summed E-state index contributed by atoms with van der Waals surface area (Å²) in [6.07, 6.45) is 0.254. The van der Waals surface area contributed by atoms with Gasteiger partial charge in [0.1, 0.15) is 10.6 Å². The summed E-state index contributed by atoms with van der Waals surface area (Å²) < 4.78 is 5.63. The van der Waals surface area contributed by atoms with Crippen LogP contribution in [0, 0.1) is 6.92 Å². The van der Waals surface area contributed by atoms with E-state index in [0.717, 1.165) is 29.1 Å². The summed E-state index contributed by atoms with van der Waals surface area (Å²) in [7, 11) is 2.05. The topological polar surface area (TPSA) is 50.3 Å². The summed E-state index contributed by atoms with van der Waals surface area (Å²) >= 11 is 1.70. The SMILES string of the molecule is CCNc1nc(N(C)CCOC(C)C)c2cc(C)sc2n1. The zero-order chi connectivity index (χ0) is 15.4. The van der Waals surface area contributed by atoms with Gasteiger partial charge >= 0.3 is 0 Å².